The molecule has 0 aliphatic carbocycles. The van der Waals surface area contributed by atoms with Crippen LogP contribution in [0.5, 0.6) is 0 Å². The molecule has 154 valence electrons. The molecule has 5 rings (SSSR count). The molecule has 0 N–H and O–H groups in total. The molecule has 6 nitrogen and oxygen atoms in total. The summed E-state index contributed by atoms with van der Waals surface area (Å²) < 4.78 is 0. The minimum absolute atomic E-state index is 0.104. The summed E-state index contributed by atoms with van der Waals surface area (Å²) in [4.78, 5) is 29.5. The number of piperazine rings is 1. The molecule has 2 aliphatic rings. The standard InChI is InChI=1S/C24H27N5O/c30-24(29-15-13-27(14-16-29)18-20-8-3-4-10-25-20)21-17-19-7-1-2-9-22(19)26-23(21)28-11-5-6-12-28/h1-4,7-10,17H,5-6,11-16,18H2. The van der Waals surface area contributed by atoms with Gasteiger partial charge in [0, 0.05) is 57.4 Å². The number of benzene rings is 1. The SMILES string of the molecule is O=C(c1cc2ccccc2nc1N1CCCC1)N1CCN(Cc2ccccn2)CC1. The lowest BCUT2D eigenvalue weighted by molar-refractivity contribution is 0.0627. The minimum Gasteiger partial charge on any atom is -0.356 e. The van der Waals surface area contributed by atoms with Crippen LogP contribution < -0.4 is 4.90 Å². The van der Waals surface area contributed by atoms with Gasteiger partial charge in [0.1, 0.15) is 5.82 Å². The second-order valence-corrected chi connectivity index (χ2v) is 8.14. The number of aromatic nitrogens is 2. The predicted octanol–water partition coefficient (Wildman–Crippen LogP) is 3.19. The fourth-order valence-corrected chi connectivity index (χ4v) is 4.43. The van der Waals surface area contributed by atoms with Gasteiger partial charge in [-0.2, -0.15) is 0 Å². The fourth-order valence-electron chi connectivity index (χ4n) is 4.43. The van der Waals surface area contributed by atoms with E-state index in [9.17, 15) is 4.79 Å². The molecule has 0 atom stereocenters. The van der Waals surface area contributed by atoms with Crippen LogP contribution in [0.3, 0.4) is 0 Å². The fraction of sp³-hybridized carbons (Fsp3) is 0.375. The molecule has 1 amide bonds. The van der Waals surface area contributed by atoms with Gasteiger partial charge in [-0.1, -0.05) is 24.3 Å². The number of anilines is 1. The Bertz CT molecular complexity index is 1020. The summed E-state index contributed by atoms with van der Waals surface area (Å²) in [6, 6.07) is 16.1. The number of carbonyl (C=O) groups excluding carboxylic acids is 1. The molecule has 2 saturated heterocycles. The monoisotopic (exact) mass is 401 g/mol. The summed E-state index contributed by atoms with van der Waals surface area (Å²) in [5.74, 6) is 0.958. The number of hydrogen-bond acceptors (Lipinski definition) is 5. The van der Waals surface area contributed by atoms with E-state index in [4.69, 9.17) is 4.98 Å². The van der Waals surface area contributed by atoms with Crippen LogP contribution in [0, 0.1) is 0 Å². The topological polar surface area (TPSA) is 52.6 Å². The Hall–Kier alpha value is -2.99. The van der Waals surface area contributed by atoms with Crippen molar-refractivity contribution in [1.82, 2.24) is 19.8 Å². The van der Waals surface area contributed by atoms with E-state index in [-0.39, 0.29) is 5.91 Å². The van der Waals surface area contributed by atoms with Crippen LogP contribution in [0.15, 0.2) is 54.7 Å². The Balaban J connectivity index is 1.35. The van der Waals surface area contributed by atoms with Gasteiger partial charge in [0.05, 0.1) is 16.8 Å². The molecule has 4 heterocycles. The van der Waals surface area contributed by atoms with Gasteiger partial charge in [0.2, 0.25) is 0 Å². The van der Waals surface area contributed by atoms with Crippen molar-refractivity contribution in [3.05, 3.63) is 66.0 Å². The van der Waals surface area contributed by atoms with Crippen molar-refractivity contribution in [2.45, 2.75) is 19.4 Å². The first-order valence-electron chi connectivity index (χ1n) is 10.8. The summed E-state index contributed by atoms with van der Waals surface area (Å²) in [5.41, 5.74) is 2.78. The summed E-state index contributed by atoms with van der Waals surface area (Å²) in [6.45, 7) is 5.98. The third-order valence-electron chi connectivity index (χ3n) is 6.11. The molecule has 1 aromatic carbocycles. The largest absolute Gasteiger partial charge is 0.356 e. The van der Waals surface area contributed by atoms with Gasteiger partial charge in [-0.15, -0.1) is 0 Å². The smallest absolute Gasteiger partial charge is 0.257 e. The minimum atomic E-state index is 0.104. The number of amides is 1. The Morgan fingerprint density at radius 1 is 0.900 bits per heavy atom. The zero-order valence-electron chi connectivity index (χ0n) is 17.2. The van der Waals surface area contributed by atoms with Gasteiger partial charge in [-0.25, -0.2) is 4.98 Å². The van der Waals surface area contributed by atoms with Crippen LogP contribution in [0.25, 0.3) is 10.9 Å². The predicted molar refractivity (Wildman–Crippen MR) is 119 cm³/mol. The van der Waals surface area contributed by atoms with Crippen LogP contribution >= 0.6 is 0 Å². The maximum absolute atomic E-state index is 13.5. The lowest BCUT2D eigenvalue weighted by Gasteiger charge is -2.35. The van der Waals surface area contributed by atoms with E-state index in [0.717, 1.165) is 86.6 Å². The Morgan fingerprint density at radius 3 is 2.43 bits per heavy atom. The molecule has 3 aromatic rings. The van der Waals surface area contributed by atoms with Gasteiger partial charge < -0.3 is 9.80 Å². The number of hydrogen-bond donors (Lipinski definition) is 0. The zero-order valence-corrected chi connectivity index (χ0v) is 17.2. The molecule has 30 heavy (non-hydrogen) atoms. The molecule has 2 fully saturated rings. The summed E-state index contributed by atoms with van der Waals surface area (Å²) >= 11 is 0. The third kappa shape index (κ3) is 3.87. The first kappa shape index (κ1) is 19.0. The van der Waals surface area contributed by atoms with Crippen molar-refractivity contribution in [2.24, 2.45) is 0 Å². The molecule has 6 heteroatoms. The van der Waals surface area contributed by atoms with E-state index in [1.807, 2.05) is 53.6 Å². The first-order valence-corrected chi connectivity index (χ1v) is 10.8. The number of carbonyl (C=O) groups is 1. The van der Waals surface area contributed by atoms with E-state index in [1.165, 1.54) is 0 Å². The number of fused-ring (bicyclic) bond motifs is 1. The number of nitrogens with zero attached hydrogens (tertiary/aromatic N) is 5. The summed E-state index contributed by atoms with van der Waals surface area (Å²) in [7, 11) is 0. The second kappa shape index (κ2) is 8.40. The quantitative estimate of drug-likeness (QED) is 0.672. The second-order valence-electron chi connectivity index (χ2n) is 8.14. The summed E-state index contributed by atoms with van der Waals surface area (Å²) in [5, 5.41) is 1.03. The van der Waals surface area contributed by atoms with Crippen LogP contribution in [-0.4, -0.2) is 64.9 Å². The van der Waals surface area contributed by atoms with Crippen molar-refractivity contribution in [1.29, 1.82) is 0 Å². The third-order valence-corrected chi connectivity index (χ3v) is 6.11. The van der Waals surface area contributed by atoms with Crippen LogP contribution in [-0.2, 0) is 6.54 Å². The highest BCUT2D eigenvalue weighted by Crippen LogP contribution is 2.28. The van der Waals surface area contributed by atoms with Crippen LogP contribution in [0.2, 0.25) is 0 Å². The Labute approximate surface area is 177 Å². The molecule has 0 radical (unpaired) electrons. The van der Waals surface area contributed by atoms with E-state index in [1.54, 1.807) is 0 Å². The van der Waals surface area contributed by atoms with Gasteiger partial charge in [0.25, 0.3) is 5.91 Å². The highest BCUT2D eigenvalue weighted by molar-refractivity contribution is 6.02. The molecule has 0 bridgehead atoms. The first-order chi connectivity index (χ1) is 14.8. The van der Waals surface area contributed by atoms with Crippen LogP contribution in [0.1, 0.15) is 28.9 Å². The normalized spacial score (nSPS) is 17.6. The van der Waals surface area contributed by atoms with Gasteiger partial charge in [-0.3, -0.25) is 14.7 Å². The van der Waals surface area contributed by atoms with Gasteiger partial charge in [0.15, 0.2) is 0 Å². The molecular formula is C24H27N5O. The number of para-hydroxylation sites is 1. The lowest BCUT2D eigenvalue weighted by atomic mass is 10.1. The maximum atomic E-state index is 13.5. The van der Waals surface area contributed by atoms with Crippen molar-refractivity contribution in [3.63, 3.8) is 0 Å². The average molecular weight is 402 g/mol. The zero-order chi connectivity index (χ0) is 20.3. The van der Waals surface area contributed by atoms with E-state index < -0.39 is 0 Å². The molecule has 0 spiro atoms. The van der Waals surface area contributed by atoms with Crippen molar-refractivity contribution in [2.75, 3.05) is 44.2 Å². The molecular weight excluding hydrogens is 374 g/mol. The van der Waals surface area contributed by atoms with Gasteiger partial charge in [-0.05, 0) is 37.1 Å². The highest BCUT2D eigenvalue weighted by atomic mass is 16.2. The van der Waals surface area contributed by atoms with E-state index >= 15 is 0 Å². The molecule has 0 saturated carbocycles. The lowest BCUT2D eigenvalue weighted by Crippen LogP contribution is -2.48. The number of rotatable bonds is 4. The van der Waals surface area contributed by atoms with Crippen molar-refractivity contribution < 1.29 is 4.79 Å². The van der Waals surface area contributed by atoms with E-state index in [2.05, 4.69) is 20.9 Å². The summed E-state index contributed by atoms with van der Waals surface area (Å²) in [6.07, 6.45) is 4.16. The maximum Gasteiger partial charge on any atom is 0.257 e. The molecule has 2 aromatic heterocycles. The Morgan fingerprint density at radius 2 is 1.67 bits per heavy atom. The van der Waals surface area contributed by atoms with Crippen molar-refractivity contribution >= 4 is 22.6 Å². The van der Waals surface area contributed by atoms with Crippen molar-refractivity contribution in [3.8, 4) is 0 Å². The average Bonchev–Trinajstić information content (AvgIpc) is 3.34. The van der Waals surface area contributed by atoms with Crippen LogP contribution in [0.4, 0.5) is 5.82 Å². The van der Waals surface area contributed by atoms with Gasteiger partial charge >= 0.3 is 0 Å². The molecule has 2 aliphatic heterocycles. The highest BCUT2D eigenvalue weighted by Gasteiger charge is 2.27. The van der Waals surface area contributed by atoms with E-state index in [0.29, 0.717) is 0 Å². The molecule has 0 unspecified atom stereocenters. The Kier molecular flexibility index (Phi) is 5.32. The number of pyridine rings is 2.